The lowest BCUT2D eigenvalue weighted by molar-refractivity contribution is -0.123. The van der Waals surface area contributed by atoms with E-state index >= 15 is 0 Å². The van der Waals surface area contributed by atoms with Crippen LogP contribution >= 0.6 is 12.4 Å². The molecule has 8 heteroatoms. The Bertz CT molecular complexity index is 803. The maximum atomic E-state index is 13.0. The number of amides is 1. The summed E-state index contributed by atoms with van der Waals surface area (Å²) in [6, 6.07) is 7.07. The first kappa shape index (κ1) is 21.6. The molecule has 2 heterocycles. The summed E-state index contributed by atoms with van der Waals surface area (Å²) in [5.41, 5.74) is 0.866. The molecule has 0 bridgehead atoms. The number of piperidine rings is 2. The van der Waals surface area contributed by atoms with Crippen LogP contribution in [0.4, 0.5) is 0 Å². The van der Waals surface area contributed by atoms with E-state index in [0.717, 1.165) is 51.6 Å². The fourth-order valence-corrected chi connectivity index (χ4v) is 6.39. The molecule has 1 amide bonds. The second kappa shape index (κ2) is 8.69. The van der Waals surface area contributed by atoms with Crippen LogP contribution in [0.1, 0.15) is 44.1 Å². The molecule has 1 unspecified atom stereocenters. The molecule has 1 spiro atoms. The molecule has 3 aliphatic rings. The normalized spacial score (nSPS) is 24.4. The Hall–Kier alpha value is -1.15. The van der Waals surface area contributed by atoms with Crippen LogP contribution in [0.3, 0.4) is 0 Å². The molecule has 1 aromatic rings. The smallest absolute Gasteiger partial charge is 0.243 e. The van der Waals surface area contributed by atoms with Crippen molar-refractivity contribution in [2.24, 2.45) is 11.3 Å². The molecule has 2 N–H and O–H groups in total. The lowest BCUT2D eigenvalue weighted by atomic mass is 9.92. The van der Waals surface area contributed by atoms with Crippen molar-refractivity contribution < 1.29 is 13.2 Å². The zero-order valence-corrected chi connectivity index (χ0v) is 17.8. The standard InChI is InChI=1S/C20H29N3O3S.ClH/c24-19(17-14-20(17)8-10-21-11-9-20)22-15-16-6-2-3-7-18(16)27(25,26)23-12-4-1-5-13-23;/h2-3,6-7,17,21H,1,4-5,8-15H2,(H,22,24);1H. The lowest BCUT2D eigenvalue weighted by Gasteiger charge is -2.27. The number of halogens is 1. The van der Waals surface area contributed by atoms with Gasteiger partial charge in [0, 0.05) is 25.6 Å². The Kier molecular flexibility index (Phi) is 6.69. The molecule has 1 atom stereocenters. The molecular weight excluding hydrogens is 398 g/mol. The molecule has 3 fully saturated rings. The van der Waals surface area contributed by atoms with Gasteiger partial charge in [-0.1, -0.05) is 24.6 Å². The molecule has 1 saturated carbocycles. The van der Waals surface area contributed by atoms with Gasteiger partial charge in [0.05, 0.1) is 4.90 Å². The second-order valence-corrected chi connectivity index (χ2v) is 10.1. The summed E-state index contributed by atoms with van der Waals surface area (Å²) in [6.07, 6.45) is 6.00. The van der Waals surface area contributed by atoms with E-state index in [9.17, 15) is 13.2 Å². The van der Waals surface area contributed by atoms with Crippen LogP contribution in [0.2, 0.25) is 0 Å². The zero-order chi connectivity index (χ0) is 18.9. The van der Waals surface area contributed by atoms with Gasteiger partial charge in [0.15, 0.2) is 0 Å². The van der Waals surface area contributed by atoms with Crippen molar-refractivity contribution in [3.05, 3.63) is 29.8 Å². The first-order valence-electron chi connectivity index (χ1n) is 10.1. The van der Waals surface area contributed by atoms with Gasteiger partial charge in [0.25, 0.3) is 0 Å². The van der Waals surface area contributed by atoms with E-state index in [2.05, 4.69) is 10.6 Å². The van der Waals surface area contributed by atoms with Crippen LogP contribution in [0.5, 0.6) is 0 Å². The number of rotatable bonds is 5. The van der Waals surface area contributed by atoms with Crippen LogP contribution in [0.15, 0.2) is 29.2 Å². The summed E-state index contributed by atoms with van der Waals surface area (Å²) >= 11 is 0. The Morgan fingerprint density at radius 2 is 1.82 bits per heavy atom. The summed E-state index contributed by atoms with van der Waals surface area (Å²) in [5.74, 6) is 0.160. The van der Waals surface area contributed by atoms with Crippen molar-refractivity contribution in [1.29, 1.82) is 0 Å². The molecule has 156 valence electrons. The SMILES string of the molecule is Cl.O=C(NCc1ccccc1S(=O)(=O)N1CCCCC1)C1CC12CCNCC2. The summed E-state index contributed by atoms with van der Waals surface area (Å²) in [7, 11) is -3.50. The number of carbonyl (C=O) groups excluding carboxylic acids is 1. The maximum Gasteiger partial charge on any atom is 0.243 e. The Morgan fingerprint density at radius 1 is 1.14 bits per heavy atom. The van der Waals surface area contributed by atoms with E-state index in [1.165, 1.54) is 0 Å². The summed E-state index contributed by atoms with van der Waals surface area (Å²) < 4.78 is 27.7. The number of hydrogen-bond donors (Lipinski definition) is 2. The van der Waals surface area contributed by atoms with Crippen LogP contribution in [-0.2, 0) is 21.4 Å². The molecule has 28 heavy (non-hydrogen) atoms. The second-order valence-electron chi connectivity index (χ2n) is 8.16. The van der Waals surface area contributed by atoms with E-state index in [-0.39, 0.29) is 36.2 Å². The van der Waals surface area contributed by atoms with Crippen molar-refractivity contribution in [2.45, 2.75) is 50.0 Å². The fourth-order valence-electron chi connectivity index (χ4n) is 4.65. The molecule has 0 aromatic heterocycles. The average molecular weight is 428 g/mol. The van der Waals surface area contributed by atoms with Gasteiger partial charge in [0.2, 0.25) is 15.9 Å². The van der Waals surface area contributed by atoms with Crippen LogP contribution in [-0.4, -0.2) is 44.8 Å². The minimum absolute atomic E-state index is 0. The van der Waals surface area contributed by atoms with Crippen molar-refractivity contribution in [3.63, 3.8) is 0 Å². The van der Waals surface area contributed by atoms with E-state index in [1.807, 2.05) is 12.1 Å². The molecule has 2 saturated heterocycles. The van der Waals surface area contributed by atoms with Gasteiger partial charge in [-0.05, 0) is 62.2 Å². The summed E-state index contributed by atoms with van der Waals surface area (Å²) in [4.78, 5) is 13.0. The van der Waals surface area contributed by atoms with Crippen LogP contribution in [0.25, 0.3) is 0 Å². The Labute approximate surface area is 173 Å². The molecule has 0 radical (unpaired) electrons. The van der Waals surface area contributed by atoms with E-state index in [1.54, 1.807) is 16.4 Å². The van der Waals surface area contributed by atoms with Crippen LogP contribution in [0, 0.1) is 11.3 Å². The summed E-state index contributed by atoms with van der Waals surface area (Å²) in [5, 5.41) is 6.36. The highest BCUT2D eigenvalue weighted by Gasteiger charge is 2.57. The van der Waals surface area contributed by atoms with E-state index < -0.39 is 10.0 Å². The number of nitrogens with zero attached hydrogens (tertiary/aromatic N) is 1. The third-order valence-corrected chi connectivity index (χ3v) is 8.46. The van der Waals surface area contributed by atoms with E-state index in [0.29, 0.717) is 23.5 Å². The van der Waals surface area contributed by atoms with Crippen LogP contribution < -0.4 is 10.6 Å². The third kappa shape index (κ3) is 4.22. The molecule has 4 rings (SSSR count). The quantitative estimate of drug-likeness (QED) is 0.755. The predicted molar refractivity (Wildman–Crippen MR) is 111 cm³/mol. The molecule has 2 aliphatic heterocycles. The highest BCUT2D eigenvalue weighted by Crippen LogP contribution is 2.58. The highest BCUT2D eigenvalue weighted by atomic mass is 35.5. The Balaban J connectivity index is 0.00000225. The van der Waals surface area contributed by atoms with E-state index in [4.69, 9.17) is 0 Å². The van der Waals surface area contributed by atoms with Crippen molar-refractivity contribution in [1.82, 2.24) is 14.9 Å². The molecule has 1 aliphatic carbocycles. The highest BCUT2D eigenvalue weighted by molar-refractivity contribution is 7.89. The fraction of sp³-hybridized carbons (Fsp3) is 0.650. The average Bonchev–Trinajstić information content (AvgIpc) is 3.40. The Morgan fingerprint density at radius 3 is 2.54 bits per heavy atom. The lowest BCUT2D eigenvalue weighted by Crippen LogP contribution is -2.36. The zero-order valence-electron chi connectivity index (χ0n) is 16.2. The summed E-state index contributed by atoms with van der Waals surface area (Å²) in [6.45, 7) is 3.41. The number of carbonyl (C=O) groups is 1. The molecule has 1 aromatic carbocycles. The van der Waals surface area contributed by atoms with Gasteiger partial charge in [-0.25, -0.2) is 8.42 Å². The van der Waals surface area contributed by atoms with Crippen molar-refractivity contribution in [3.8, 4) is 0 Å². The first-order chi connectivity index (χ1) is 13.0. The first-order valence-corrected chi connectivity index (χ1v) is 11.5. The van der Waals surface area contributed by atoms with Crippen molar-refractivity contribution in [2.75, 3.05) is 26.2 Å². The van der Waals surface area contributed by atoms with Gasteiger partial charge in [-0.15, -0.1) is 12.4 Å². The molecule has 6 nitrogen and oxygen atoms in total. The predicted octanol–water partition coefficient (Wildman–Crippen LogP) is 2.29. The number of benzene rings is 1. The van der Waals surface area contributed by atoms with Gasteiger partial charge >= 0.3 is 0 Å². The van der Waals surface area contributed by atoms with Crippen molar-refractivity contribution >= 4 is 28.3 Å². The number of hydrogen-bond acceptors (Lipinski definition) is 4. The minimum Gasteiger partial charge on any atom is -0.352 e. The maximum absolute atomic E-state index is 13.0. The number of nitrogens with one attached hydrogen (secondary N) is 2. The topological polar surface area (TPSA) is 78.5 Å². The van der Waals surface area contributed by atoms with Gasteiger partial charge < -0.3 is 10.6 Å². The van der Waals surface area contributed by atoms with Gasteiger partial charge in [-0.3, -0.25) is 4.79 Å². The van der Waals surface area contributed by atoms with Gasteiger partial charge in [-0.2, -0.15) is 4.31 Å². The number of sulfonamides is 1. The third-order valence-electron chi connectivity index (χ3n) is 6.46. The largest absolute Gasteiger partial charge is 0.352 e. The minimum atomic E-state index is -3.50. The van der Waals surface area contributed by atoms with Gasteiger partial charge in [0.1, 0.15) is 0 Å². The monoisotopic (exact) mass is 427 g/mol. The molecular formula is C20H30ClN3O3S.